The molecule has 1 nitrogen and oxygen atoms in total. The maximum atomic E-state index is 5.95. The lowest BCUT2D eigenvalue weighted by Gasteiger charge is -1.94. The van der Waals surface area contributed by atoms with Crippen molar-refractivity contribution >= 4 is 22.9 Å². The first-order valence-corrected chi connectivity index (χ1v) is 4.88. The summed E-state index contributed by atoms with van der Waals surface area (Å²) >= 11 is 7.72. The second kappa shape index (κ2) is 4.10. The molecule has 0 radical (unpaired) electrons. The highest BCUT2D eigenvalue weighted by atomic mass is 35.5. The first-order chi connectivity index (χ1) is 5.24. The minimum Gasteiger partial charge on any atom is -0.330 e. The third kappa shape index (κ3) is 2.47. The minimum atomic E-state index is 0.743. The summed E-state index contributed by atoms with van der Waals surface area (Å²) in [6.07, 6.45) is 2.05. The Labute approximate surface area is 76.2 Å². The fourth-order valence-electron chi connectivity index (χ4n) is 0.965. The number of hydrogen-bond acceptors (Lipinski definition) is 2. The number of hydrogen-bond donors (Lipinski definition) is 1. The number of rotatable bonds is 3. The van der Waals surface area contributed by atoms with Crippen molar-refractivity contribution in [3.05, 3.63) is 20.8 Å². The van der Waals surface area contributed by atoms with Crippen molar-refractivity contribution < 1.29 is 0 Å². The summed E-state index contributed by atoms with van der Waals surface area (Å²) in [5.41, 5.74) is 5.39. The molecule has 2 N–H and O–H groups in total. The van der Waals surface area contributed by atoms with Gasteiger partial charge in [0.1, 0.15) is 0 Å². The van der Waals surface area contributed by atoms with Crippen molar-refractivity contribution in [3.63, 3.8) is 0 Å². The Morgan fingerprint density at radius 1 is 1.64 bits per heavy atom. The molecule has 0 saturated carbocycles. The molecular weight excluding hydrogens is 178 g/mol. The lowest BCUT2D eigenvalue weighted by Crippen LogP contribution is -1.99. The molecule has 1 aromatic heterocycles. The molecule has 0 saturated heterocycles. The van der Waals surface area contributed by atoms with E-state index in [1.54, 1.807) is 11.3 Å². The molecule has 0 atom stereocenters. The van der Waals surface area contributed by atoms with E-state index in [4.69, 9.17) is 17.3 Å². The van der Waals surface area contributed by atoms with E-state index in [0.717, 1.165) is 24.4 Å². The first-order valence-electron chi connectivity index (χ1n) is 3.69. The largest absolute Gasteiger partial charge is 0.330 e. The second-order valence-corrected chi connectivity index (χ2v) is 4.27. The fourth-order valence-corrected chi connectivity index (χ4v) is 2.37. The molecule has 0 aromatic carbocycles. The van der Waals surface area contributed by atoms with E-state index in [0.29, 0.717) is 0 Å². The van der Waals surface area contributed by atoms with Crippen LogP contribution in [0.4, 0.5) is 0 Å². The van der Waals surface area contributed by atoms with Crippen LogP contribution in [0.5, 0.6) is 0 Å². The van der Waals surface area contributed by atoms with E-state index in [-0.39, 0.29) is 0 Å². The Morgan fingerprint density at radius 2 is 2.36 bits per heavy atom. The molecule has 0 bridgehead atoms. The number of thiophene rings is 1. The molecule has 11 heavy (non-hydrogen) atoms. The van der Waals surface area contributed by atoms with Gasteiger partial charge in [-0.2, -0.15) is 0 Å². The fraction of sp³-hybridized carbons (Fsp3) is 0.500. The zero-order valence-electron chi connectivity index (χ0n) is 6.56. The van der Waals surface area contributed by atoms with E-state index in [1.807, 2.05) is 6.07 Å². The summed E-state index contributed by atoms with van der Waals surface area (Å²) in [6.45, 7) is 2.82. The van der Waals surface area contributed by atoms with Gasteiger partial charge in [0.15, 0.2) is 0 Å². The maximum Gasteiger partial charge on any atom is 0.0547 e. The van der Waals surface area contributed by atoms with Crippen molar-refractivity contribution in [3.8, 4) is 0 Å². The van der Waals surface area contributed by atoms with Crippen LogP contribution in [0.3, 0.4) is 0 Å². The summed E-state index contributed by atoms with van der Waals surface area (Å²) in [4.78, 5) is 2.55. The van der Waals surface area contributed by atoms with Gasteiger partial charge >= 0.3 is 0 Å². The number of nitrogens with two attached hydrogens (primary N) is 1. The van der Waals surface area contributed by atoms with E-state index in [2.05, 4.69) is 6.92 Å². The Kier molecular flexibility index (Phi) is 3.37. The van der Waals surface area contributed by atoms with Crippen molar-refractivity contribution in [2.45, 2.75) is 19.8 Å². The zero-order chi connectivity index (χ0) is 8.27. The predicted molar refractivity (Wildman–Crippen MR) is 51.4 cm³/mol. The van der Waals surface area contributed by atoms with Crippen LogP contribution in [0, 0.1) is 6.92 Å². The van der Waals surface area contributed by atoms with E-state index in [1.165, 1.54) is 9.75 Å². The highest BCUT2D eigenvalue weighted by molar-refractivity contribution is 7.12. The highest BCUT2D eigenvalue weighted by Gasteiger charge is 2.02. The summed E-state index contributed by atoms with van der Waals surface area (Å²) in [5.74, 6) is 0. The maximum absolute atomic E-state index is 5.95. The van der Waals surface area contributed by atoms with Crippen LogP contribution in [0.2, 0.25) is 5.02 Å². The van der Waals surface area contributed by atoms with Crippen LogP contribution < -0.4 is 5.73 Å². The molecule has 0 fully saturated rings. The lowest BCUT2D eigenvalue weighted by molar-refractivity contribution is 0.843. The Bertz CT molecular complexity index is 232. The Morgan fingerprint density at radius 3 is 2.82 bits per heavy atom. The van der Waals surface area contributed by atoms with Gasteiger partial charge in [-0.15, -0.1) is 11.3 Å². The topological polar surface area (TPSA) is 26.0 Å². The van der Waals surface area contributed by atoms with Crippen LogP contribution in [-0.4, -0.2) is 6.54 Å². The third-order valence-corrected chi connectivity index (χ3v) is 3.05. The standard InChI is InChI=1S/C8H12ClNS/c1-6-5-7(9)8(11-6)3-2-4-10/h5H,2-4,10H2,1H3. The van der Waals surface area contributed by atoms with Gasteiger partial charge in [-0.05, 0) is 32.4 Å². The van der Waals surface area contributed by atoms with Crippen LogP contribution >= 0.6 is 22.9 Å². The van der Waals surface area contributed by atoms with Crippen LogP contribution in [0.15, 0.2) is 6.07 Å². The molecule has 3 heteroatoms. The van der Waals surface area contributed by atoms with Gasteiger partial charge in [-0.3, -0.25) is 0 Å². The van der Waals surface area contributed by atoms with Gasteiger partial charge in [0.2, 0.25) is 0 Å². The lowest BCUT2D eigenvalue weighted by atomic mass is 10.2. The molecule has 0 aliphatic carbocycles. The van der Waals surface area contributed by atoms with Crippen molar-refractivity contribution in [2.24, 2.45) is 5.73 Å². The zero-order valence-corrected chi connectivity index (χ0v) is 8.13. The smallest absolute Gasteiger partial charge is 0.0547 e. The van der Waals surface area contributed by atoms with Gasteiger partial charge in [0.25, 0.3) is 0 Å². The normalized spacial score (nSPS) is 10.5. The van der Waals surface area contributed by atoms with Crippen molar-refractivity contribution in [2.75, 3.05) is 6.54 Å². The average Bonchev–Trinajstić information content (AvgIpc) is 2.26. The van der Waals surface area contributed by atoms with Gasteiger partial charge in [-0.1, -0.05) is 11.6 Å². The first kappa shape index (κ1) is 9.04. The van der Waals surface area contributed by atoms with Gasteiger partial charge in [0.05, 0.1) is 5.02 Å². The number of aryl methyl sites for hydroxylation is 2. The van der Waals surface area contributed by atoms with E-state index >= 15 is 0 Å². The van der Waals surface area contributed by atoms with E-state index < -0.39 is 0 Å². The van der Waals surface area contributed by atoms with Gasteiger partial charge in [-0.25, -0.2) is 0 Å². The van der Waals surface area contributed by atoms with Crippen LogP contribution in [0.1, 0.15) is 16.2 Å². The SMILES string of the molecule is Cc1cc(Cl)c(CCCN)s1. The van der Waals surface area contributed by atoms with Crippen LogP contribution in [0.25, 0.3) is 0 Å². The molecule has 0 aliphatic rings. The van der Waals surface area contributed by atoms with Gasteiger partial charge < -0.3 is 5.73 Å². The highest BCUT2D eigenvalue weighted by Crippen LogP contribution is 2.27. The molecule has 1 heterocycles. The molecule has 62 valence electrons. The third-order valence-electron chi connectivity index (χ3n) is 1.49. The minimum absolute atomic E-state index is 0.743. The summed E-state index contributed by atoms with van der Waals surface area (Å²) in [5, 5.41) is 0.904. The Balaban J connectivity index is 2.62. The summed E-state index contributed by atoms with van der Waals surface area (Å²) < 4.78 is 0. The predicted octanol–water partition coefficient (Wildman–Crippen LogP) is 2.60. The molecular formula is C8H12ClNS. The van der Waals surface area contributed by atoms with Crippen LogP contribution in [-0.2, 0) is 6.42 Å². The monoisotopic (exact) mass is 189 g/mol. The summed E-state index contributed by atoms with van der Waals surface area (Å²) in [7, 11) is 0. The summed E-state index contributed by atoms with van der Waals surface area (Å²) in [6, 6.07) is 2.01. The van der Waals surface area contributed by atoms with Crippen molar-refractivity contribution in [1.29, 1.82) is 0 Å². The van der Waals surface area contributed by atoms with E-state index in [9.17, 15) is 0 Å². The second-order valence-electron chi connectivity index (χ2n) is 2.52. The molecule has 0 amide bonds. The molecule has 1 aromatic rings. The average molecular weight is 190 g/mol. The molecule has 0 unspecified atom stereocenters. The van der Waals surface area contributed by atoms with Crippen molar-refractivity contribution in [1.82, 2.24) is 0 Å². The quantitative estimate of drug-likeness (QED) is 0.778. The molecule has 1 rings (SSSR count). The number of halogens is 1. The molecule has 0 spiro atoms. The van der Waals surface area contributed by atoms with Gasteiger partial charge in [0, 0.05) is 9.75 Å². The molecule has 0 aliphatic heterocycles. The Hall–Kier alpha value is -0.0500.